The summed E-state index contributed by atoms with van der Waals surface area (Å²) in [5.41, 5.74) is 1.01. The molecule has 3 aromatic carbocycles. The SMILES string of the molecule is CCN(C)C(=O)Oc1ccccc1C(=O)C=CN1CCN(C(=O)c2ccc3ccccc3c2)CC1. The zero-order valence-corrected chi connectivity index (χ0v) is 20.0. The molecule has 180 valence electrons. The second-order valence-corrected chi connectivity index (χ2v) is 8.45. The minimum absolute atomic E-state index is 0.0169. The molecule has 3 aromatic rings. The van der Waals surface area contributed by atoms with Crippen LogP contribution in [0.25, 0.3) is 10.8 Å². The van der Waals surface area contributed by atoms with Crippen LogP contribution in [-0.2, 0) is 0 Å². The summed E-state index contributed by atoms with van der Waals surface area (Å²) in [6.45, 7) is 4.74. The van der Waals surface area contributed by atoms with Crippen molar-refractivity contribution in [3.05, 3.63) is 90.1 Å². The largest absolute Gasteiger partial charge is 0.414 e. The fourth-order valence-electron chi connectivity index (χ4n) is 3.90. The molecule has 0 spiro atoms. The Morgan fingerprint density at radius 3 is 2.34 bits per heavy atom. The average Bonchev–Trinajstić information content (AvgIpc) is 2.91. The van der Waals surface area contributed by atoms with Crippen molar-refractivity contribution in [3.8, 4) is 5.75 Å². The van der Waals surface area contributed by atoms with Crippen LogP contribution in [0.2, 0.25) is 0 Å². The second-order valence-electron chi connectivity index (χ2n) is 8.45. The van der Waals surface area contributed by atoms with Gasteiger partial charge in [-0.1, -0.05) is 42.5 Å². The van der Waals surface area contributed by atoms with Crippen LogP contribution in [0.1, 0.15) is 27.6 Å². The predicted octanol–water partition coefficient (Wildman–Crippen LogP) is 4.44. The number of carbonyl (C=O) groups excluding carboxylic acids is 3. The molecule has 0 atom stereocenters. The maximum atomic E-state index is 13.0. The molecule has 7 nitrogen and oxygen atoms in total. The van der Waals surface area contributed by atoms with Crippen LogP contribution in [0, 0.1) is 0 Å². The fraction of sp³-hybridized carbons (Fsp3) is 0.250. The van der Waals surface area contributed by atoms with Gasteiger partial charge in [0.1, 0.15) is 5.75 Å². The maximum absolute atomic E-state index is 13.0. The number of piperazine rings is 1. The van der Waals surface area contributed by atoms with Gasteiger partial charge in [-0.15, -0.1) is 0 Å². The number of hydrogen-bond donors (Lipinski definition) is 0. The van der Waals surface area contributed by atoms with E-state index in [0.717, 1.165) is 10.8 Å². The molecule has 0 saturated carbocycles. The number of para-hydroxylation sites is 1. The van der Waals surface area contributed by atoms with E-state index in [1.165, 1.54) is 11.0 Å². The van der Waals surface area contributed by atoms with Crippen molar-refractivity contribution in [1.82, 2.24) is 14.7 Å². The monoisotopic (exact) mass is 471 g/mol. The normalized spacial score (nSPS) is 13.8. The van der Waals surface area contributed by atoms with Gasteiger partial charge in [0.05, 0.1) is 5.56 Å². The van der Waals surface area contributed by atoms with E-state index in [2.05, 4.69) is 0 Å². The van der Waals surface area contributed by atoms with E-state index in [0.29, 0.717) is 43.9 Å². The second kappa shape index (κ2) is 10.9. The molecule has 0 aromatic heterocycles. The summed E-state index contributed by atoms with van der Waals surface area (Å²) in [4.78, 5) is 43.2. The van der Waals surface area contributed by atoms with E-state index in [1.807, 2.05) is 59.2 Å². The summed E-state index contributed by atoms with van der Waals surface area (Å²) in [6.07, 6.45) is 2.72. The van der Waals surface area contributed by atoms with Crippen molar-refractivity contribution < 1.29 is 19.1 Å². The Labute approximate surface area is 205 Å². The number of benzene rings is 3. The number of amides is 2. The summed E-state index contributed by atoms with van der Waals surface area (Å²) in [5.74, 6) is 0.00345. The molecular formula is C28H29N3O4. The highest BCUT2D eigenvalue weighted by atomic mass is 16.6. The van der Waals surface area contributed by atoms with E-state index in [1.54, 1.807) is 37.5 Å². The van der Waals surface area contributed by atoms with E-state index in [4.69, 9.17) is 4.74 Å². The van der Waals surface area contributed by atoms with Gasteiger partial charge in [-0.25, -0.2) is 4.79 Å². The third kappa shape index (κ3) is 5.69. The first-order valence-corrected chi connectivity index (χ1v) is 11.7. The highest BCUT2D eigenvalue weighted by Gasteiger charge is 2.21. The molecule has 1 aliphatic rings. The van der Waals surface area contributed by atoms with Crippen LogP contribution in [0.3, 0.4) is 0 Å². The number of ketones is 1. The summed E-state index contributed by atoms with van der Waals surface area (Å²) in [6, 6.07) is 20.5. The number of ether oxygens (including phenoxy) is 1. The maximum Gasteiger partial charge on any atom is 0.414 e. The van der Waals surface area contributed by atoms with Gasteiger partial charge in [-0.05, 0) is 42.0 Å². The lowest BCUT2D eigenvalue weighted by Gasteiger charge is -2.34. The van der Waals surface area contributed by atoms with Gasteiger partial charge >= 0.3 is 6.09 Å². The Morgan fingerprint density at radius 2 is 1.60 bits per heavy atom. The number of rotatable bonds is 6. The topological polar surface area (TPSA) is 70.2 Å². The van der Waals surface area contributed by atoms with Gasteiger partial charge in [0, 0.05) is 57.6 Å². The van der Waals surface area contributed by atoms with E-state index in [9.17, 15) is 14.4 Å². The van der Waals surface area contributed by atoms with Gasteiger partial charge in [0.25, 0.3) is 5.91 Å². The van der Waals surface area contributed by atoms with Crippen molar-refractivity contribution in [3.63, 3.8) is 0 Å². The lowest BCUT2D eigenvalue weighted by Crippen LogP contribution is -2.46. The first-order valence-electron chi connectivity index (χ1n) is 11.7. The summed E-state index contributed by atoms with van der Waals surface area (Å²) in [5, 5.41) is 2.16. The van der Waals surface area contributed by atoms with E-state index >= 15 is 0 Å². The van der Waals surface area contributed by atoms with Crippen LogP contribution < -0.4 is 4.74 Å². The molecule has 1 heterocycles. The van der Waals surface area contributed by atoms with Crippen LogP contribution in [0.5, 0.6) is 5.75 Å². The summed E-state index contributed by atoms with van der Waals surface area (Å²) in [7, 11) is 1.64. The minimum Gasteiger partial charge on any atom is -0.409 e. The zero-order valence-electron chi connectivity index (χ0n) is 20.0. The molecule has 35 heavy (non-hydrogen) atoms. The van der Waals surface area contributed by atoms with Gasteiger partial charge in [0.15, 0.2) is 5.78 Å². The summed E-state index contributed by atoms with van der Waals surface area (Å²) >= 11 is 0. The molecule has 1 fully saturated rings. The van der Waals surface area contributed by atoms with Crippen molar-refractivity contribution in [2.75, 3.05) is 39.8 Å². The lowest BCUT2D eigenvalue weighted by atomic mass is 10.1. The fourth-order valence-corrected chi connectivity index (χ4v) is 3.90. The van der Waals surface area contributed by atoms with Gasteiger partial charge < -0.3 is 19.4 Å². The first-order chi connectivity index (χ1) is 17.0. The Bertz CT molecular complexity index is 1260. The van der Waals surface area contributed by atoms with Crippen LogP contribution >= 0.6 is 0 Å². The van der Waals surface area contributed by atoms with Crippen LogP contribution in [0.15, 0.2) is 79.0 Å². The van der Waals surface area contributed by atoms with Gasteiger partial charge in [0.2, 0.25) is 0 Å². The highest BCUT2D eigenvalue weighted by Crippen LogP contribution is 2.21. The number of nitrogens with zero attached hydrogens (tertiary/aromatic N) is 3. The van der Waals surface area contributed by atoms with Crippen molar-refractivity contribution in [2.45, 2.75) is 6.92 Å². The number of hydrogen-bond acceptors (Lipinski definition) is 5. The van der Waals surface area contributed by atoms with Crippen molar-refractivity contribution in [1.29, 1.82) is 0 Å². The molecule has 2 amide bonds. The molecule has 1 saturated heterocycles. The Balaban J connectivity index is 1.35. The highest BCUT2D eigenvalue weighted by molar-refractivity contribution is 6.06. The Morgan fingerprint density at radius 1 is 0.914 bits per heavy atom. The molecular weight excluding hydrogens is 442 g/mol. The minimum atomic E-state index is -0.510. The molecule has 0 unspecified atom stereocenters. The molecule has 0 radical (unpaired) electrons. The van der Waals surface area contributed by atoms with E-state index < -0.39 is 6.09 Å². The van der Waals surface area contributed by atoms with E-state index in [-0.39, 0.29) is 17.4 Å². The number of allylic oxidation sites excluding steroid dienone is 1. The molecule has 0 bridgehead atoms. The standard InChI is InChI=1S/C28H29N3O4/c1-3-29(2)28(34)35-26-11-7-6-10-24(26)25(32)14-15-30-16-18-31(19-17-30)27(33)23-13-12-21-8-4-5-9-22(21)20-23/h4-15,20H,3,16-19H2,1-2H3. The molecule has 0 N–H and O–H groups in total. The van der Waals surface area contributed by atoms with Gasteiger partial charge in [-0.2, -0.15) is 0 Å². The van der Waals surface area contributed by atoms with Crippen molar-refractivity contribution >= 4 is 28.6 Å². The Kier molecular flexibility index (Phi) is 7.45. The smallest absolute Gasteiger partial charge is 0.409 e. The number of fused-ring (bicyclic) bond motifs is 1. The van der Waals surface area contributed by atoms with Crippen LogP contribution in [0.4, 0.5) is 4.79 Å². The molecule has 0 aliphatic carbocycles. The molecule has 7 heteroatoms. The van der Waals surface area contributed by atoms with Crippen LogP contribution in [-0.4, -0.2) is 72.3 Å². The quantitative estimate of drug-likeness (QED) is 0.393. The molecule has 1 aliphatic heterocycles. The van der Waals surface area contributed by atoms with Crippen molar-refractivity contribution in [2.24, 2.45) is 0 Å². The number of carbonyl (C=O) groups is 3. The zero-order chi connectivity index (χ0) is 24.8. The lowest BCUT2D eigenvalue weighted by molar-refractivity contribution is 0.0678. The first kappa shape index (κ1) is 24.0. The third-order valence-electron chi connectivity index (χ3n) is 6.17. The predicted molar refractivity (Wildman–Crippen MR) is 136 cm³/mol. The summed E-state index contributed by atoms with van der Waals surface area (Å²) < 4.78 is 5.39. The molecule has 4 rings (SSSR count). The average molecular weight is 472 g/mol. The van der Waals surface area contributed by atoms with Gasteiger partial charge in [-0.3, -0.25) is 9.59 Å². The third-order valence-corrected chi connectivity index (χ3v) is 6.17. The Hall–Kier alpha value is -4.13.